The third-order valence-electron chi connectivity index (χ3n) is 1.43. The second-order valence-corrected chi connectivity index (χ2v) is 4.30. The summed E-state index contributed by atoms with van der Waals surface area (Å²) in [5.41, 5.74) is 0. The van der Waals surface area contributed by atoms with E-state index in [2.05, 4.69) is 0 Å². The van der Waals surface area contributed by atoms with E-state index in [0.29, 0.717) is 25.5 Å². The van der Waals surface area contributed by atoms with Crippen molar-refractivity contribution in [2.75, 3.05) is 19.1 Å². The molecule has 12 heavy (non-hydrogen) atoms. The molecule has 0 radical (unpaired) electrons. The molecule has 2 unspecified atom stereocenters. The van der Waals surface area contributed by atoms with Gasteiger partial charge < -0.3 is 0 Å². The number of rotatable bonds is 3. The molecular formula is C6H12ClO4P. The van der Waals surface area contributed by atoms with E-state index >= 15 is 0 Å². The van der Waals surface area contributed by atoms with Crippen molar-refractivity contribution in [3.8, 4) is 0 Å². The predicted molar refractivity (Wildman–Crippen MR) is 45.4 cm³/mol. The van der Waals surface area contributed by atoms with E-state index in [1.54, 1.807) is 6.92 Å². The van der Waals surface area contributed by atoms with Gasteiger partial charge >= 0.3 is 7.82 Å². The first-order chi connectivity index (χ1) is 5.70. The topological polar surface area (TPSA) is 44.8 Å². The molecule has 72 valence electrons. The molecule has 1 aliphatic heterocycles. The summed E-state index contributed by atoms with van der Waals surface area (Å²) in [5, 5.41) is 0. The van der Waals surface area contributed by atoms with Crippen LogP contribution in [0.5, 0.6) is 0 Å². The Morgan fingerprint density at radius 1 is 1.75 bits per heavy atom. The first-order valence-corrected chi connectivity index (χ1v) is 5.83. The van der Waals surface area contributed by atoms with E-state index in [4.69, 9.17) is 25.2 Å². The fraction of sp³-hybridized carbons (Fsp3) is 1.00. The minimum absolute atomic E-state index is 0.210. The van der Waals surface area contributed by atoms with Crippen molar-refractivity contribution in [1.82, 2.24) is 0 Å². The average Bonchev–Trinajstić information content (AvgIpc) is 2.04. The Bertz CT molecular complexity index is 180. The van der Waals surface area contributed by atoms with Crippen LogP contribution in [0.4, 0.5) is 0 Å². The van der Waals surface area contributed by atoms with Crippen LogP contribution >= 0.6 is 19.4 Å². The maximum atomic E-state index is 11.5. The fourth-order valence-electron chi connectivity index (χ4n) is 0.893. The Hall–Kier alpha value is 0.400. The SMILES string of the molecule is CCOP1(=O)OCCC(CCl)O1. The predicted octanol–water partition coefficient (Wildman–Crippen LogP) is 2.18. The normalized spacial score (nSPS) is 36.7. The van der Waals surface area contributed by atoms with Gasteiger partial charge in [0.05, 0.1) is 19.3 Å². The Morgan fingerprint density at radius 3 is 3.08 bits per heavy atom. The summed E-state index contributed by atoms with van der Waals surface area (Å²) in [4.78, 5) is 0. The van der Waals surface area contributed by atoms with Crippen LogP contribution in [0.2, 0.25) is 0 Å². The highest BCUT2D eigenvalue weighted by atomic mass is 35.5. The zero-order valence-corrected chi connectivity index (χ0v) is 8.51. The molecule has 0 bridgehead atoms. The number of hydrogen-bond acceptors (Lipinski definition) is 4. The zero-order chi connectivity index (χ0) is 9.03. The highest BCUT2D eigenvalue weighted by Crippen LogP contribution is 2.53. The summed E-state index contributed by atoms with van der Waals surface area (Å²) in [7, 11) is -3.27. The van der Waals surface area contributed by atoms with E-state index in [9.17, 15) is 4.57 Å². The molecule has 1 aliphatic rings. The van der Waals surface area contributed by atoms with Crippen molar-refractivity contribution in [1.29, 1.82) is 0 Å². The maximum Gasteiger partial charge on any atom is 0.475 e. The van der Waals surface area contributed by atoms with Crippen molar-refractivity contribution in [2.45, 2.75) is 19.4 Å². The fourth-order valence-corrected chi connectivity index (χ4v) is 2.58. The highest BCUT2D eigenvalue weighted by Gasteiger charge is 2.34. The van der Waals surface area contributed by atoms with E-state index in [0.717, 1.165) is 0 Å². The van der Waals surface area contributed by atoms with Gasteiger partial charge in [-0.15, -0.1) is 11.6 Å². The smallest absolute Gasteiger partial charge is 0.287 e. The van der Waals surface area contributed by atoms with Crippen molar-refractivity contribution >= 4 is 19.4 Å². The van der Waals surface area contributed by atoms with Gasteiger partial charge in [-0.25, -0.2) is 4.57 Å². The van der Waals surface area contributed by atoms with Crippen LogP contribution < -0.4 is 0 Å². The van der Waals surface area contributed by atoms with Gasteiger partial charge in [0, 0.05) is 5.88 Å². The van der Waals surface area contributed by atoms with Crippen molar-refractivity contribution < 1.29 is 18.1 Å². The molecule has 0 aromatic carbocycles. The molecule has 0 N–H and O–H groups in total. The van der Waals surface area contributed by atoms with Gasteiger partial charge in [-0.3, -0.25) is 13.6 Å². The second kappa shape index (κ2) is 4.58. The van der Waals surface area contributed by atoms with Gasteiger partial charge in [0.15, 0.2) is 0 Å². The lowest BCUT2D eigenvalue weighted by molar-refractivity contribution is 0.0405. The Labute approximate surface area is 76.8 Å². The summed E-state index contributed by atoms with van der Waals surface area (Å²) in [5.74, 6) is 0.320. The Kier molecular flexibility index (Phi) is 4.00. The van der Waals surface area contributed by atoms with Gasteiger partial charge in [-0.1, -0.05) is 0 Å². The summed E-state index contributed by atoms with van der Waals surface area (Å²) in [6.07, 6.45) is 0.457. The molecule has 1 saturated heterocycles. The average molecular weight is 215 g/mol. The van der Waals surface area contributed by atoms with Crippen LogP contribution in [0.3, 0.4) is 0 Å². The zero-order valence-electron chi connectivity index (χ0n) is 6.86. The number of phosphoric acid groups is 1. The lowest BCUT2D eigenvalue weighted by Crippen LogP contribution is -2.22. The van der Waals surface area contributed by atoms with Gasteiger partial charge in [0.2, 0.25) is 0 Å². The molecule has 0 amide bonds. The Balaban J connectivity index is 2.49. The standard InChI is InChI=1S/C6H12ClO4P/c1-2-9-12(8)10-4-3-6(5-7)11-12/h6H,2-5H2,1H3. The number of phosphoric ester groups is 1. The third kappa shape index (κ3) is 2.71. The molecule has 1 rings (SSSR count). The molecule has 0 aromatic rings. The molecule has 6 heteroatoms. The lowest BCUT2D eigenvalue weighted by Gasteiger charge is -2.27. The first kappa shape index (κ1) is 10.5. The summed E-state index contributed by atoms with van der Waals surface area (Å²) in [6.45, 7) is 2.43. The molecule has 0 spiro atoms. The maximum absolute atomic E-state index is 11.5. The van der Waals surface area contributed by atoms with Crippen molar-refractivity contribution in [3.05, 3.63) is 0 Å². The van der Waals surface area contributed by atoms with Gasteiger partial charge in [0.1, 0.15) is 0 Å². The van der Waals surface area contributed by atoms with Gasteiger partial charge in [-0.2, -0.15) is 0 Å². The molecule has 0 saturated carbocycles. The van der Waals surface area contributed by atoms with Crippen LogP contribution in [-0.4, -0.2) is 25.2 Å². The van der Waals surface area contributed by atoms with Crippen LogP contribution in [0.25, 0.3) is 0 Å². The largest absolute Gasteiger partial charge is 0.475 e. The molecule has 0 aliphatic carbocycles. The van der Waals surface area contributed by atoms with Crippen LogP contribution in [0.1, 0.15) is 13.3 Å². The van der Waals surface area contributed by atoms with Crippen LogP contribution in [-0.2, 0) is 18.1 Å². The number of alkyl halides is 1. The van der Waals surface area contributed by atoms with Crippen LogP contribution in [0.15, 0.2) is 0 Å². The van der Waals surface area contributed by atoms with Crippen molar-refractivity contribution in [3.63, 3.8) is 0 Å². The second-order valence-electron chi connectivity index (χ2n) is 2.37. The molecule has 1 fully saturated rings. The van der Waals surface area contributed by atoms with Crippen molar-refractivity contribution in [2.24, 2.45) is 0 Å². The van der Waals surface area contributed by atoms with Crippen LogP contribution in [0, 0.1) is 0 Å². The van der Waals surface area contributed by atoms with Gasteiger partial charge in [0.25, 0.3) is 0 Å². The molecule has 1 heterocycles. The van der Waals surface area contributed by atoms with Gasteiger partial charge in [-0.05, 0) is 13.3 Å². The molecule has 0 aromatic heterocycles. The molecular weight excluding hydrogens is 202 g/mol. The number of halogens is 1. The highest BCUT2D eigenvalue weighted by molar-refractivity contribution is 7.48. The Morgan fingerprint density at radius 2 is 2.50 bits per heavy atom. The number of hydrogen-bond donors (Lipinski definition) is 0. The quantitative estimate of drug-likeness (QED) is 0.534. The summed E-state index contributed by atoms with van der Waals surface area (Å²) < 4.78 is 26.3. The van der Waals surface area contributed by atoms with E-state index in [-0.39, 0.29) is 6.10 Å². The molecule has 4 nitrogen and oxygen atoms in total. The minimum atomic E-state index is -3.27. The lowest BCUT2D eigenvalue weighted by atomic mass is 10.3. The monoisotopic (exact) mass is 214 g/mol. The summed E-state index contributed by atoms with van der Waals surface area (Å²) >= 11 is 5.55. The van der Waals surface area contributed by atoms with E-state index in [1.807, 2.05) is 0 Å². The summed E-state index contributed by atoms with van der Waals surface area (Å²) in [6, 6.07) is 0. The third-order valence-corrected chi connectivity index (χ3v) is 3.40. The minimum Gasteiger partial charge on any atom is -0.287 e. The first-order valence-electron chi connectivity index (χ1n) is 3.83. The van der Waals surface area contributed by atoms with E-state index < -0.39 is 7.82 Å². The van der Waals surface area contributed by atoms with E-state index in [1.165, 1.54) is 0 Å². The molecule has 2 atom stereocenters.